The van der Waals surface area contributed by atoms with Crippen LogP contribution in [-0.4, -0.2) is 12.1 Å². The smallest absolute Gasteiger partial charge is 0.212 e. The van der Waals surface area contributed by atoms with Crippen molar-refractivity contribution >= 4 is 0 Å². The number of nitrogens with zero attached hydrogens (tertiary/aromatic N) is 1. The van der Waals surface area contributed by atoms with Crippen molar-refractivity contribution in [2.45, 2.75) is 37.6 Å². The van der Waals surface area contributed by atoms with Crippen molar-refractivity contribution in [3.63, 3.8) is 0 Å². The van der Waals surface area contributed by atoms with Gasteiger partial charge in [0, 0.05) is 18.3 Å². The molecule has 3 rings (SSSR count). The molecular weight excluding hydrogens is 260 g/mol. The van der Waals surface area contributed by atoms with Gasteiger partial charge in [-0.05, 0) is 41.9 Å². The van der Waals surface area contributed by atoms with Gasteiger partial charge in [-0.25, -0.2) is 4.98 Å². The maximum atomic E-state index is 6.31. The molecule has 2 N–H and O–H groups in total. The fraction of sp³-hybridized carbons (Fsp3) is 0.389. The van der Waals surface area contributed by atoms with E-state index in [1.54, 1.807) is 7.11 Å². The molecule has 0 amide bonds. The molecule has 1 aliphatic carbocycles. The Morgan fingerprint density at radius 2 is 1.95 bits per heavy atom. The van der Waals surface area contributed by atoms with Crippen LogP contribution in [0.1, 0.15) is 47.9 Å². The summed E-state index contributed by atoms with van der Waals surface area (Å²) in [5, 5.41) is 0. The lowest BCUT2D eigenvalue weighted by Gasteiger charge is -2.26. The zero-order valence-corrected chi connectivity index (χ0v) is 12.5. The number of hydrogen-bond donors (Lipinski definition) is 1. The highest BCUT2D eigenvalue weighted by atomic mass is 16.5. The number of benzene rings is 1. The Bertz CT molecular complexity index is 573. The quantitative estimate of drug-likeness (QED) is 0.911. The van der Waals surface area contributed by atoms with E-state index >= 15 is 0 Å². The molecular formula is C18H22N2O. The Kier molecular flexibility index (Phi) is 4.20. The van der Waals surface area contributed by atoms with Crippen LogP contribution in [0.5, 0.6) is 5.88 Å². The molecule has 1 heterocycles. The lowest BCUT2D eigenvalue weighted by Crippen LogP contribution is -2.14. The van der Waals surface area contributed by atoms with E-state index in [4.69, 9.17) is 10.5 Å². The van der Waals surface area contributed by atoms with Crippen molar-refractivity contribution in [3.05, 3.63) is 59.3 Å². The van der Waals surface area contributed by atoms with Crippen LogP contribution in [0.2, 0.25) is 0 Å². The van der Waals surface area contributed by atoms with E-state index in [9.17, 15) is 0 Å². The number of aromatic nitrogens is 1. The van der Waals surface area contributed by atoms with Crippen LogP contribution in [0, 0.1) is 0 Å². The number of methoxy groups -OCH3 is 1. The van der Waals surface area contributed by atoms with Crippen LogP contribution in [0.3, 0.4) is 0 Å². The van der Waals surface area contributed by atoms with Gasteiger partial charge in [-0.2, -0.15) is 0 Å². The highest BCUT2D eigenvalue weighted by Gasteiger charge is 2.19. The first kappa shape index (κ1) is 14.1. The van der Waals surface area contributed by atoms with Gasteiger partial charge in [0.15, 0.2) is 0 Å². The summed E-state index contributed by atoms with van der Waals surface area (Å²) in [5.41, 5.74) is 10.1. The second-order valence-electron chi connectivity index (χ2n) is 5.81. The molecule has 0 saturated heterocycles. The summed E-state index contributed by atoms with van der Waals surface area (Å²) < 4.78 is 5.07. The van der Waals surface area contributed by atoms with Gasteiger partial charge in [0.2, 0.25) is 5.88 Å². The van der Waals surface area contributed by atoms with E-state index in [-0.39, 0.29) is 6.04 Å². The van der Waals surface area contributed by atoms with Crippen molar-refractivity contribution in [2.24, 2.45) is 5.73 Å². The van der Waals surface area contributed by atoms with Gasteiger partial charge < -0.3 is 10.5 Å². The van der Waals surface area contributed by atoms with Crippen LogP contribution < -0.4 is 10.5 Å². The summed E-state index contributed by atoms with van der Waals surface area (Å²) >= 11 is 0. The van der Waals surface area contributed by atoms with Crippen LogP contribution in [-0.2, 0) is 6.42 Å². The summed E-state index contributed by atoms with van der Waals surface area (Å²) in [6.07, 6.45) is 6.67. The molecule has 0 radical (unpaired) electrons. The first-order valence-electron chi connectivity index (χ1n) is 7.60. The van der Waals surface area contributed by atoms with E-state index in [0.29, 0.717) is 5.88 Å². The Morgan fingerprint density at radius 3 is 2.48 bits per heavy atom. The van der Waals surface area contributed by atoms with Gasteiger partial charge in [0.05, 0.1) is 7.11 Å². The monoisotopic (exact) mass is 282 g/mol. The van der Waals surface area contributed by atoms with Crippen molar-refractivity contribution in [3.8, 4) is 5.88 Å². The third-order valence-electron chi connectivity index (χ3n) is 4.40. The van der Waals surface area contributed by atoms with Gasteiger partial charge in [0.1, 0.15) is 0 Å². The molecule has 0 spiro atoms. The van der Waals surface area contributed by atoms with Gasteiger partial charge in [-0.3, -0.25) is 0 Å². The van der Waals surface area contributed by atoms with Crippen molar-refractivity contribution in [1.29, 1.82) is 0 Å². The molecule has 3 nitrogen and oxygen atoms in total. The van der Waals surface area contributed by atoms with E-state index < -0.39 is 0 Å². The minimum Gasteiger partial charge on any atom is -0.481 e. The van der Waals surface area contributed by atoms with E-state index in [2.05, 4.69) is 29.2 Å². The first-order valence-corrected chi connectivity index (χ1v) is 7.60. The van der Waals surface area contributed by atoms with E-state index in [0.717, 1.165) is 17.9 Å². The summed E-state index contributed by atoms with van der Waals surface area (Å²) in [6.45, 7) is 0. The van der Waals surface area contributed by atoms with E-state index in [1.165, 1.54) is 30.4 Å². The zero-order valence-electron chi connectivity index (χ0n) is 12.5. The Balaban J connectivity index is 1.64. The Hall–Kier alpha value is -1.87. The normalized spacial score (nSPS) is 16.3. The second kappa shape index (κ2) is 6.27. The van der Waals surface area contributed by atoms with Gasteiger partial charge in [0.25, 0.3) is 0 Å². The van der Waals surface area contributed by atoms with E-state index in [1.807, 2.05) is 18.3 Å². The molecule has 0 aliphatic heterocycles. The molecule has 110 valence electrons. The fourth-order valence-electron chi connectivity index (χ4n) is 2.78. The van der Waals surface area contributed by atoms with Crippen molar-refractivity contribution in [1.82, 2.24) is 4.98 Å². The lowest BCUT2D eigenvalue weighted by molar-refractivity contribution is 0.397. The number of ether oxygens (including phenoxy) is 1. The maximum Gasteiger partial charge on any atom is 0.212 e. The van der Waals surface area contributed by atoms with Gasteiger partial charge in [-0.1, -0.05) is 36.8 Å². The lowest BCUT2D eigenvalue weighted by atomic mass is 9.80. The third kappa shape index (κ3) is 3.24. The van der Waals surface area contributed by atoms with Crippen LogP contribution in [0.4, 0.5) is 0 Å². The number of rotatable bonds is 5. The van der Waals surface area contributed by atoms with Gasteiger partial charge >= 0.3 is 0 Å². The zero-order chi connectivity index (χ0) is 14.7. The Morgan fingerprint density at radius 1 is 1.19 bits per heavy atom. The molecule has 3 heteroatoms. The van der Waals surface area contributed by atoms with Crippen LogP contribution >= 0.6 is 0 Å². The highest BCUT2D eigenvalue weighted by Crippen LogP contribution is 2.36. The molecule has 1 atom stereocenters. The average Bonchev–Trinajstić information content (AvgIpc) is 2.47. The first-order chi connectivity index (χ1) is 10.3. The molecule has 1 unspecified atom stereocenters. The van der Waals surface area contributed by atoms with Crippen LogP contribution in [0.25, 0.3) is 0 Å². The predicted octanol–water partition coefficient (Wildman–Crippen LogP) is 3.60. The third-order valence-corrected chi connectivity index (χ3v) is 4.40. The average molecular weight is 282 g/mol. The molecule has 1 fully saturated rings. The molecule has 1 aromatic heterocycles. The van der Waals surface area contributed by atoms with Crippen molar-refractivity contribution < 1.29 is 4.74 Å². The maximum absolute atomic E-state index is 6.31. The minimum absolute atomic E-state index is 0.00985. The molecule has 1 aliphatic rings. The number of nitrogens with two attached hydrogens (primary N) is 1. The minimum atomic E-state index is 0.00985. The van der Waals surface area contributed by atoms with Crippen molar-refractivity contribution in [2.75, 3.05) is 7.11 Å². The standard InChI is InChI=1S/C18H22N2O/c1-21-18-10-5-13(12-20-18)11-17(19)16-8-6-15(7-9-16)14-3-2-4-14/h5-10,12,14,17H,2-4,11,19H2,1H3. The summed E-state index contributed by atoms with van der Waals surface area (Å²) in [6, 6.07) is 12.7. The predicted molar refractivity (Wildman–Crippen MR) is 84.5 cm³/mol. The van der Waals surface area contributed by atoms with Crippen LogP contribution in [0.15, 0.2) is 42.6 Å². The molecule has 2 aromatic rings. The summed E-state index contributed by atoms with van der Waals surface area (Å²) in [7, 11) is 1.62. The van der Waals surface area contributed by atoms with Gasteiger partial charge in [-0.15, -0.1) is 0 Å². The molecule has 1 aromatic carbocycles. The summed E-state index contributed by atoms with van der Waals surface area (Å²) in [5.74, 6) is 1.42. The highest BCUT2D eigenvalue weighted by molar-refractivity contribution is 5.29. The second-order valence-corrected chi connectivity index (χ2v) is 5.81. The SMILES string of the molecule is COc1ccc(CC(N)c2ccc(C3CCC3)cc2)cn1. The number of pyridine rings is 1. The fourth-order valence-corrected chi connectivity index (χ4v) is 2.78. The largest absolute Gasteiger partial charge is 0.481 e. The topological polar surface area (TPSA) is 48.1 Å². The molecule has 0 bridgehead atoms. The Labute approximate surface area is 126 Å². The molecule has 21 heavy (non-hydrogen) atoms. The summed E-state index contributed by atoms with van der Waals surface area (Å²) in [4.78, 5) is 4.22. The molecule has 1 saturated carbocycles. The number of hydrogen-bond acceptors (Lipinski definition) is 3.